The third-order valence-electron chi connectivity index (χ3n) is 3.50. The second kappa shape index (κ2) is 5.69. The summed E-state index contributed by atoms with van der Waals surface area (Å²) in [6.07, 6.45) is 4.67. The SMILES string of the molecule is CCCNC(c1cc2cc(F)ccc2o1)c1nccn1C. The van der Waals surface area contributed by atoms with E-state index in [1.54, 1.807) is 12.3 Å². The Bertz CT molecular complexity index is 747. The van der Waals surface area contributed by atoms with Gasteiger partial charge in [0.2, 0.25) is 0 Å². The van der Waals surface area contributed by atoms with Crippen LogP contribution in [0.4, 0.5) is 4.39 Å². The fraction of sp³-hybridized carbons (Fsp3) is 0.312. The maximum Gasteiger partial charge on any atom is 0.134 e. The fourth-order valence-corrected chi connectivity index (χ4v) is 2.44. The van der Waals surface area contributed by atoms with E-state index in [1.165, 1.54) is 12.1 Å². The van der Waals surface area contributed by atoms with Gasteiger partial charge in [0.15, 0.2) is 0 Å². The summed E-state index contributed by atoms with van der Waals surface area (Å²) in [4.78, 5) is 4.40. The molecule has 5 heteroatoms. The Labute approximate surface area is 122 Å². The Morgan fingerprint density at radius 1 is 1.38 bits per heavy atom. The quantitative estimate of drug-likeness (QED) is 0.782. The molecule has 110 valence electrons. The van der Waals surface area contributed by atoms with Crippen LogP contribution in [0, 0.1) is 5.82 Å². The molecule has 0 spiro atoms. The number of hydrogen-bond acceptors (Lipinski definition) is 3. The van der Waals surface area contributed by atoms with Crippen LogP contribution in [0.5, 0.6) is 0 Å². The van der Waals surface area contributed by atoms with Gasteiger partial charge < -0.3 is 14.3 Å². The van der Waals surface area contributed by atoms with Crippen molar-refractivity contribution in [2.24, 2.45) is 7.05 Å². The molecule has 0 radical (unpaired) electrons. The maximum atomic E-state index is 13.3. The lowest BCUT2D eigenvalue weighted by atomic mass is 10.1. The average Bonchev–Trinajstić information content (AvgIpc) is 3.06. The molecule has 2 heterocycles. The first-order chi connectivity index (χ1) is 10.2. The first-order valence-electron chi connectivity index (χ1n) is 7.08. The molecule has 4 nitrogen and oxygen atoms in total. The van der Waals surface area contributed by atoms with Crippen molar-refractivity contribution in [1.82, 2.24) is 14.9 Å². The van der Waals surface area contributed by atoms with E-state index in [1.807, 2.05) is 23.9 Å². The van der Waals surface area contributed by atoms with Gasteiger partial charge in [-0.15, -0.1) is 0 Å². The number of nitrogens with one attached hydrogen (secondary N) is 1. The lowest BCUT2D eigenvalue weighted by Crippen LogP contribution is -2.25. The number of furan rings is 1. The highest BCUT2D eigenvalue weighted by molar-refractivity contribution is 5.78. The van der Waals surface area contributed by atoms with Crippen LogP contribution in [-0.4, -0.2) is 16.1 Å². The Morgan fingerprint density at radius 3 is 2.95 bits per heavy atom. The number of fused-ring (bicyclic) bond motifs is 1. The molecule has 0 aliphatic carbocycles. The summed E-state index contributed by atoms with van der Waals surface area (Å²) < 4.78 is 21.2. The molecule has 0 saturated carbocycles. The molecule has 1 N–H and O–H groups in total. The Morgan fingerprint density at radius 2 is 2.24 bits per heavy atom. The molecule has 3 aromatic rings. The van der Waals surface area contributed by atoms with E-state index in [-0.39, 0.29) is 11.9 Å². The Balaban J connectivity index is 2.03. The maximum absolute atomic E-state index is 13.3. The van der Waals surface area contributed by atoms with Crippen LogP contribution in [0.2, 0.25) is 0 Å². The number of nitrogens with zero attached hydrogens (tertiary/aromatic N) is 2. The fourth-order valence-electron chi connectivity index (χ4n) is 2.44. The molecule has 0 amide bonds. The van der Waals surface area contributed by atoms with E-state index in [2.05, 4.69) is 17.2 Å². The summed E-state index contributed by atoms with van der Waals surface area (Å²) in [6.45, 7) is 2.96. The van der Waals surface area contributed by atoms with E-state index in [0.29, 0.717) is 5.58 Å². The molecule has 0 aliphatic heterocycles. The highest BCUT2D eigenvalue weighted by atomic mass is 19.1. The molecule has 0 bridgehead atoms. The van der Waals surface area contributed by atoms with Gasteiger partial charge in [-0.1, -0.05) is 6.92 Å². The molecule has 2 aromatic heterocycles. The number of aryl methyl sites for hydroxylation is 1. The Hall–Kier alpha value is -2.14. The van der Waals surface area contributed by atoms with E-state index in [4.69, 9.17) is 4.42 Å². The van der Waals surface area contributed by atoms with Gasteiger partial charge in [0.25, 0.3) is 0 Å². The summed E-state index contributed by atoms with van der Waals surface area (Å²) >= 11 is 0. The van der Waals surface area contributed by atoms with Crippen molar-refractivity contribution in [3.05, 3.63) is 54.1 Å². The van der Waals surface area contributed by atoms with Gasteiger partial charge in [0.1, 0.15) is 29.0 Å². The average molecular weight is 287 g/mol. The minimum absolute atomic E-state index is 0.139. The summed E-state index contributed by atoms with van der Waals surface area (Å²) in [6, 6.07) is 6.28. The van der Waals surface area contributed by atoms with Crippen LogP contribution in [0.3, 0.4) is 0 Å². The standard InChI is InChI=1S/C16H18FN3O/c1-3-6-18-15(16-19-7-8-20(16)2)14-10-11-9-12(17)4-5-13(11)21-14/h4-5,7-10,15,18H,3,6H2,1-2H3. The van der Waals surface area contributed by atoms with Gasteiger partial charge in [-0.25, -0.2) is 9.37 Å². The normalized spacial score (nSPS) is 12.9. The third-order valence-corrected chi connectivity index (χ3v) is 3.50. The number of imidazole rings is 1. The van der Waals surface area contributed by atoms with E-state index < -0.39 is 0 Å². The van der Waals surface area contributed by atoms with E-state index >= 15 is 0 Å². The lowest BCUT2D eigenvalue weighted by molar-refractivity contribution is 0.449. The summed E-state index contributed by atoms with van der Waals surface area (Å²) in [5.74, 6) is 1.37. The van der Waals surface area contributed by atoms with Crippen molar-refractivity contribution in [2.75, 3.05) is 6.54 Å². The molecular weight excluding hydrogens is 269 g/mol. The summed E-state index contributed by atoms with van der Waals surface area (Å²) in [7, 11) is 1.95. The van der Waals surface area contributed by atoms with Gasteiger partial charge in [-0.3, -0.25) is 0 Å². The van der Waals surface area contributed by atoms with E-state index in [9.17, 15) is 4.39 Å². The molecule has 3 rings (SSSR count). The molecule has 1 unspecified atom stereocenters. The van der Waals surface area contributed by atoms with E-state index in [0.717, 1.165) is 29.9 Å². The van der Waals surface area contributed by atoms with Crippen molar-refractivity contribution in [2.45, 2.75) is 19.4 Å². The van der Waals surface area contributed by atoms with Crippen LogP contribution in [0.25, 0.3) is 11.0 Å². The first-order valence-corrected chi connectivity index (χ1v) is 7.08. The monoisotopic (exact) mass is 287 g/mol. The smallest absolute Gasteiger partial charge is 0.134 e. The molecule has 21 heavy (non-hydrogen) atoms. The van der Waals surface area contributed by atoms with Gasteiger partial charge in [-0.05, 0) is 37.2 Å². The van der Waals surface area contributed by atoms with Gasteiger partial charge in [-0.2, -0.15) is 0 Å². The number of aromatic nitrogens is 2. The molecule has 0 fully saturated rings. The van der Waals surface area contributed by atoms with Gasteiger partial charge in [0, 0.05) is 24.8 Å². The van der Waals surface area contributed by atoms with Crippen LogP contribution >= 0.6 is 0 Å². The summed E-state index contributed by atoms with van der Waals surface area (Å²) in [5, 5.41) is 4.20. The lowest BCUT2D eigenvalue weighted by Gasteiger charge is -2.15. The predicted octanol–water partition coefficient (Wildman–Crippen LogP) is 3.39. The number of hydrogen-bond donors (Lipinski definition) is 1. The zero-order valence-corrected chi connectivity index (χ0v) is 12.1. The van der Waals surface area contributed by atoms with Crippen molar-refractivity contribution < 1.29 is 8.81 Å². The second-order valence-electron chi connectivity index (χ2n) is 5.11. The molecule has 1 atom stereocenters. The minimum Gasteiger partial charge on any atom is -0.459 e. The third kappa shape index (κ3) is 2.69. The Kier molecular flexibility index (Phi) is 3.75. The number of benzene rings is 1. The zero-order chi connectivity index (χ0) is 14.8. The molecular formula is C16H18FN3O. The van der Waals surface area contributed by atoms with Crippen molar-refractivity contribution in [3.63, 3.8) is 0 Å². The van der Waals surface area contributed by atoms with Crippen molar-refractivity contribution in [1.29, 1.82) is 0 Å². The van der Waals surface area contributed by atoms with Crippen molar-refractivity contribution in [3.8, 4) is 0 Å². The molecule has 0 aliphatic rings. The summed E-state index contributed by atoms with van der Waals surface area (Å²) in [5.41, 5.74) is 0.684. The second-order valence-corrected chi connectivity index (χ2v) is 5.11. The highest BCUT2D eigenvalue weighted by Crippen LogP contribution is 2.28. The van der Waals surface area contributed by atoms with Crippen LogP contribution in [0.1, 0.15) is 31.0 Å². The predicted molar refractivity (Wildman–Crippen MR) is 79.5 cm³/mol. The zero-order valence-electron chi connectivity index (χ0n) is 12.1. The molecule has 1 aromatic carbocycles. The first kappa shape index (κ1) is 13.8. The van der Waals surface area contributed by atoms with Crippen molar-refractivity contribution >= 4 is 11.0 Å². The van der Waals surface area contributed by atoms with Gasteiger partial charge in [0.05, 0.1) is 0 Å². The minimum atomic E-state index is -0.259. The van der Waals surface area contributed by atoms with Crippen LogP contribution in [-0.2, 0) is 7.05 Å². The van der Waals surface area contributed by atoms with Gasteiger partial charge >= 0.3 is 0 Å². The number of halogens is 1. The van der Waals surface area contributed by atoms with Crippen LogP contribution < -0.4 is 5.32 Å². The number of rotatable bonds is 5. The largest absolute Gasteiger partial charge is 0.459 e. The molecule has 0 saturated heterocycles. The highest BCUT2D eigenvalue weighted by Gasteiger charge is 2.21. The topological polar surface area (TPSA) is 43.0 Å². The van der Waals surface area contributed by atoms with Crippen LogP contribution in [0.15, 0.2) is 41.1 Å².